The molecule has 0 aromatic rings. The Hall–Kier alpha value is -0.830. The molecule has 2 nitrogen and oxygen atoms in total. The second-order valence-electron chi connectivity index (χ2n) is 4.42. The van der Waals surface area contributed by atoms with Crippen LogP contribution in [0, 0.1) is 17.2 Å². The van der Waals surface area contributed by atoms with Gasteiger partial charge in [0.05, 0.1) is 18.5 Å². The molecular formula is C11H16F4N2. The number of rotatable bonds is 4. The van der Waals surface area contributed by atoms with Gasteiger partial charge in [-0.05, 0) is 12.8 Å². The minimum atomic E-state index is -4.02. The maximum absolute atomic E-state index is 12.7. The molecular weight excluding hydrogens is 236 g/mol. The predicted molar refractivity (Wildman–Crippen MR) is 54.9 cm³/mol. The third-order valence-corrected chi connectivity index (χ3v) is 3.10. The van der Waals surface area contributed by atoms with Gasteiger partial charge in [-0.3, -0.25) is 0 Å². The smallest absolute Gasteiger partial charge is 0.307 e. The van der Waals surface area contributed by atoms with Gasteiger partial charge in [0.15, 0.2) is 0 Å². The summed E-state index contributed by atoms with van der Waals surface area (Å²) >= 11 is 0. The van der Waals surface area contributed by atoms with Crippen molar-refractivity contribution in [3.63, 3.8) is 0 Å². The highest BCUT2D eigenvalue weighted by Gasteiger charge is 2.41. The fourth-order valence-electron chi connectivity index (χ4n) is 2.05. The van der Waals surface area contributed by atoms with Gasteiger partial charge in [0.1, 0.15) is 0 Å². The van der Waals surface area contributed by atoms with Crippen LogP contribution in [0.15, 0.2) is 0 Å². The second-order valence-corrected chi connectivity index (χ2v) is 4.42. The number of nitriles is 1. The Morgan fingerprint density at radius 1 is 1.24 bits per heavy atom. The van der Waals surface area contributed by atoms with E-state index in [4.69, 9.17) is 5.26 Å². The maximum Gasteiger partial charge on any atom is 0.319 e. The van der Waals surface area contributed by atoms with Crippen molar-refractivity contribution in [2.24, 2.45) is 5.92 Å². The molecule has 1 aliphatic carbocycles. The lowest BCUT2D eigenvalue weighted by Gasteiger charge is -2.24. The Labute approximate surface area is 98.0 Å². The molecule has 0 aromatic heterocycles. The predicted octanol–water partition coefficient (Wildman–Crippen LogP) is 2.95. The fourth-order valence-corrected chi connectivity index (χ4v) is 2.05. The normalized spacial score (nSPS) is 26.6. The van der Waals surface area contributed by atoms with E-state index in [1.54, 1.807) is 0 Å². The minimum absolute atomic E-state index is 0.356. The van der Waals surface area contributed by atoms with Gasteiger partial charge in [-0.1, -0.05) is 19.3 Å². The molecule has 1 fully saturated rings. The monoisotopic (exact) mass is 252 g/mol. The van der Waals surface area contributed by atoms with Crippen LogP contribution < -0.4 is 5.32 Å². The van der Waals surface area contributed by atoms with E-state index in [0.717, 1.165) is 19.3 Å². The van der Waals surface area contributed by atoms with Gasteiger partial charge in [0, 0.05) is 6.04 Å². The van der Waals surface area contributed by atoms with Crippen LogP contribution >= 0.6 is 0 Å². The lowest BCUT2D eigenvalue weighted by atomic mass is 9.96. The first kappa shape index (κ1) is 14.2. The first-order valence-corrected chi connectivity index (χ1v) is 5.76. The number of nitrogens with zero attached hydrogens (tertiary/aromatic N) is 1. The average molecular weight is 252 g/mol. The van der Waals surface area contributed by atoms with Gasteiger partial charge in [-0.15, -0.1) is 0 Å². The van der Waals surface area contributed by atoms with Crippen LogP contribution in [0.1, 0.15) is 32.1 Å². The third kappa shape index (κ3) is 4.15. The molecule has 2 unspecified atom stereocenters. The van der Waals surface area contributed by atoms with E-state index in [1.807, 2.05) is 0 Å². The molecule has 1 aliphatic rings. The van der Waals surface area contributed by atoms with Crippen molar-refractivity contribution in [1.29, 1.82) is 5.26 Å². The molecule has 0 aromatic carbocycles. The summed E-state index contributed by atoms with van der Waals surface area (Å²) in [5.74, 6) is -4.38. The molecule has 0 spiro atoms. The van der Waals surface area contributed by atoms with Crippen LogP contribution in [0.3, 0.4) is 0 Å². The summed E-state index contributed by atoms with van der Waals surface area (Å²) in [6, 6.07) is 1.67. The Bertz CT molecular complexity index is 275. The Kier molecular flexibility index (Phi) is 5.19. The summed E-state index contributed by atoms with van der Waals surface area (Å²) in [5, 5.41) is 11.3. The van der Waals surface area contributed by atoms with E-state index < -0.39 is 24.9 Å². The molecule has 98 valence electrons. The van der Waals surface area contributed by atoms with Crippen molar-refractivity contribution in [2.45, 2.75) is 50.5 Å². The zero-order valence-corrected chi connectivity index (χ0v) is 9.43. The third-order valence-electron chi connectivity index (χ3n) is 3.10. The minimum Gasteiger partial charge on any atom is -0.307 e. The molecule has 1 N–H and O–H groups in total. The van der Waals surface area contributed by atoms with Crippen LogP contribution in [0.2, 0.25) is 0 Å². The van der Waals surface area contributed by atoms with E-state index in [-0.39, 0.29) is 5.92 Å². The Morgan fingerprint density at radius 3 is 2.47 bits per heavy atom. The van der Waals surface area contributed by atoms with Crippen LogP contribution in [0.5, 0.6) is 0 Å². The summed E-state index contributed by atoms with van der Waals surface area (Å²) in [7, 11) is 0. The molecule has 2 atom stereocenters. The van der Waals surface area contributed by atoms with E-state index in [9.17, 15) is 17.6 Å². The van der Waals surface area contributed by atoms with Gasteiger partial charge >= 0.3 is 12.3 Å². The van der Waals surface area contributed by atoms with Crippen molar-refractivity contribution in [3.8, 4) is 6.07 Å². The molecule has 0 heterocycles. The summed E-state index contributed by atoms with van der Waals surface area (Å²) in [4.78, 5) is 0. The van der Waals surface area contributed by atoms with Crippen LogP contribution in [-0.2, 0) is 0 Å². The van der Waals surface area contributed by atoms with E-state index in [2.05, 4.69) is 11.4 Å². The van der Waals surface area contributed by atoms with Crippen LogP contribution in [0.25, 0.3) is 0 Å². The zero-order valence-electron chi connectivity index (χ0n) is 9.43. The van der Waals surface area contributed by atoms with E-state index >= 15 is 0 Å². The lowest BCUT2D eigenvalue weighted by Crippen LogP contribution is -2.45. The summed E-state index contributed by atoms with van der Waals surface area (Å²) in [6.45, 7) is -1.06. The standard InChI is InChI=1S/C11H16F4N2/c12-10(13)11(14,15)7-17-9-5-3-1-2-4-8(9)6-16/h8-10,17H,1-5,7H2. The molecule has 0 saturated heterocycles. The van der Waals surface area contributed by atoms with Crippen molar-refractivity contribution in [3.05, 3.63) is 0 Å². The van der Waals surface area contributed by atoms with E-state index in [1.165, 1.54) is 0 Å². The zero-order chi connectivity index (χ0) is 12.9. The number of halogens is 4. The molecule has 6 heteroatoms. The average Bonchev–Trinajstić information content (AvgIpc) is 2.50. The molecule has 0 bridgehead atoms. The molecule has 17 heavy (non-hydrogen) atoms. The van der Waals surface area contributed by atoms with Crippen LogP contribution in [0.4, 0.5) is 17.6 Å². The Balaban J connectivity index is 2.51. The van der Waals surface area contributed by atoms with Gasteiger partial charge in [-0.25, -0.2) is 8.78 Å². The molecule has 1 saturated carbocycles. The number of hydrogen-bond donors (Lipinski definition) is 1. The topological polar surface area (TPSA) is 35.8 Å². The maximum atomic E-state index is 12.7. The number of nitrogens with one attached hydrogen (secondary N) is 1. The van der Waals surface area contributed by atoms with Gasteiger partial charge in [-0.2, -0.15) is 14.0 Å². The SMILES string of the molecule is N#CC1CCCCCC1NCC(F)(F)C(F)F. The fraction of sp³-hybridized carbons (Fsp3) is 0.909. The first-order chi connectivity index (χ1) is 7.97. The highest BCUT2D eigenvalue weighted by Crippen LogP contribution is 2.26. The van der Waals surface area contributed by atoms with Gasteiger partial charge in [0.25, 0.3) is 0 Å². The second kappa shape index (κ2) is 6.20. The largest absolute Gasteiger partial charge is 0.319 e. The van der Waals surface area contributed by atoms with Crippen LogP contribution in [-0.4, -0.2) is 24.9 Å². The lowest BCUT2D eigenvalue weighted by molar-refractivity contribution is -0.126. The van der Waals surface area contributed by atoms with E-state index in [0.29, 0.717) is 12.8 Å². The summed E-state index contributed by atoms with van der Waals surface area (Å²) < 4.78 is 49.4. The molecule has 0 radical (unpaired) electrons. The Morgan fingerprint density at radius 2 is 1.88 bits per heavy atom. The summed E-state index contributed by atoms with van der Waals surface area (Å²) in [5.41, 5.74) is 0. The summed E-state index contributed by atoms with van der Waals surface area (Å²) in [6.07, 6.45) is 0.270. The highest BCUT2D eigenvalue weighted by atomic mass is 19.3. The first-order valence-electron chi connectivity index (χ1n) is 5.76. The molecule has 0 aliphatic heterocycles. The van der Waals surface area contributed by atoms with Crippen molar-refractivity contribution in [2.75, 3.05) is 6.54 Å². The van der Waals surface area contributed by atoms with Crippen molar-refractivity contribution < 1.29 is 17.6 Å². The number of alkyl halides is 4. The molecule has 0 amide bonds. The van der Waals surface area contributed by atoms with Crippen molar-refractivity contribution >= 4 is 0 Å². The quantitative estimate of drug-likeness (QED) is 0.616. The number of hydrogen-bond acceptors (Lipinski definition) is 2. The van der Waals surface area contributed by atoms with Crippen molar-refractivity contribution in [1.82, 2.24) is 5.32 Å². The van der Waals surface area contributed by atoms with Gasteiger partial charge in [0.2, 0.25) is 0 Å². The molecule has 1 rings (SSSR count). The highest BCUT2D eigenvalue weighted by molar-refractivity contribution is 4.94. The van der Waals surface area contributed by atoms with Gasteiger partial charge < -0.3 is 5.32 Å².